The van der Waals surface area contributed by atoms with Gasteiger partial charge in [0.25, 0.3) is 10.2 Å². The Hall–Kier alpha value is -0.640. The smallest absolute Gasteiger partial charge is 0.205 e. The fourth-order valence-electron chi connectivity index (χ4n) is 2.12. The molecule has 1 aliphatic rings. The maximum Gasteiger partial charge on any atom is 0.278 e. The third-order valence-corrected chi connectivity index (χ3v) is 4.55. The Labute approximate surface area is 97.4 Å². The topological polar surface area (TPSA) is 82.0 Å². The average Bonchev–Trinajstić information content (AvgIpc) is 2.29. The number of hydrogen-bond acceptors (Lipinski definition) is 3. The van der Waals surface area contributed by atoms with Crippen LogP contribution in [0.4, 0.5) is 0 Å². The van der Waals surface area contributed by atoms with E-state index in [1.165, 1.54) is 7.05 Å². The standard InChI is InChI=1S/C10H19N3O2S/c1-3-9-4-6-10(8-11,7-5-9)13-16(14,15)12-2/h9,12-13H,3-7H2,1-2H3. The summed E-state index contributed by atoms with van der Waals surface area (Å²) in [4.78, 5) is 0. The van der Waals surface area contributed by atoms with Crippen molar-refractivity contribution < 1.29 is 8.42 Å². The number of nitrogens with zero attached hydrogens (tertiary/aromatic N) is 1. The van der Waals surface area contributed by atoms with Gasteiger partial charge in [-0.3, -0.25) is 0 Å². The fraction of sp³-hybridized carbons (Fsp3) is 0.900. The Kier molecular flexibility index (Phi) is 4.30. The van der Waals surface area contributed by atoms with Gasteiger partial charge in [-0.05, 0) is 31.6 Å². The van der Waals surface area contributed by atoms with Gasteiger partial charge in [-0.15, -0.1) is 0 Å². The Morgan fingerprint density at radius 2 is 2.00 bits per heavy atom. The molecule has 0 unspecified atom stereocenters. The normalized spacial score (nSPS) is 30.9. The molecule has 0 aromatic carbocycles. The summed E-state index contributed by atoms with van der Waals surface area (Å²) in [6.07, 6.45) is 4.12. The van der Waals surface area contributed by atoms with Gasteiger partial charge in [-0.2, -0.15) is 18.4 Å². The lowest BCUT2D eigenvalue weighted by atomic mass is 9.77. The summed E-state index contributed by atoms with van der Waals surface area (Å²) >= 11 is 0. The van der Waals surface area contributed by atoms with E-state index in [4.69, 9.17) is 5.26 Å². The molecule has 92 valence electrons. The van der Waals surface area contributed by atoms with E-state index in [-0.39, 0.29) is 0 Å². The molecule has 0 bridgehead atoms. The zero-order chi connectivity index (χ0) is 12.2. The highest BCUT2D eigenvalue weighted by atomic mass is 32.2. The summed E-state index contributed by atoms with van der Waals surface area (Å²) < 4.78 is 27.5. The number of nitrogens with one attached hydrogen (secondary N) is 2. The second-order valence-electron chi connectivity index (χ2n) is 4.36. The van der Waals surface area contributed by atoms with E-state index >= 15 is 0 Å². The van der Waals surface area contributed by atoms with Crippen LogP contribution < -0.4 is 9.44 Å². The van der Waals surface area contributed by atoms with Gasteiger partial charge in [0.2, 0.25) is 0 Å². The van der Waals surface area contributed by atoms with Crippen LogP contribution in [-0.4, -0.2) is 21.0 Å². The van der Waals surface area contributed by atoms with E-state index in [2.05, 4.69) is 22.4 Å². The molecule has 0 amide bonds. The fourth-order valence-corrected chi connectivity index (χ4v) is 2.99. The van der Waals surface area contributed by atoms with Gasteiger partial charge in [0, 0.05) is 7.05 Å². The van der Waals surface area contributed by atoms with Crippen LogP contribution in [0.2, 0.25) is 0 Å². The van der Waals surface area contributed by atoms with Crippen LogP contribution in [0.5, 0.6) is 0 Å². The molecule has 1 rings (SSSR count). The van der Waals surface area contributed by atoms with Crippen LogP contribution in [-0.2, 0) is 10.2 Å². The summed E-state index contributed by atoms with van der Waals surface area (Å²) in [6, 6.07) is 2.12. The molecule has 1 fully saturated rings. The Morgan fingerprint density at radius 1 is 1.44 bits per heavy atom. The summed E-state index contributed by atoms with van der Waals surface area (Å²) in [5.41, 5.74) is -0.909. The second-order valence-corrected chi connectivity index (χ2v) is 5.97. The highest BCUT2D eigenvalue weighted by Crippen LogP contribution is 2.33. The van der Waals surface area contributed by atoms with Crippen LogP contribution in [0, 0.1) is 17.2 Å². The molecule has 0 spiro atoms. The van der Waals surface area contributed by atoms with Crippen molar-refractivity contribution in [3.8, 4) is 6.07 Å². The quantitative estimate of drug-likeness (QED) is 0.772. The molecule has 1 saturated carbocycles. The summed E-state index contributed by atoms with van der Waals surface area (Å²) in [5.74, 6) is 0.626. The van der Waals surface area contributed by atoms with Crippen molar-refractivity contribution in [2.75, 3.05) is 7.05 Å². The molecule has 0 aromatic rings. The van der Waals surface area contributed by atoms with Crippen LogP contribution in [0.3, 0.4) is 0 Å². The first-order valence-corrected chi connectivity index (χ1v) is 7.09. The van der Waals surface area contributed by atoms with Gasteiger partial charge in [-0.25, -0.2) is 4.72 Å². The first-order chi connectivity index (χ1) is 7.47. The highest BCUT2D eigenvalue weighted by molar-refractivity contribution is 7.87. The molecule has 6 heteroatoms. The SMILES string of the molecule is CCC1CCC(C#N)(NS(=O)(=O)NC)CC1. The molecule has 0 aliphatic heterocycles. The van der Waals surface area contributed by atoms with Gasteiger partial charge in [-0.1, -0.05) is 13.3 Å². The molecule has 2 N–H and O–H groups in total. The third kappa shape index (κ3) is 3.17. The van der Waals surface area contributed by atoms with Gasteiger partial charge in [0.15, 0.2) is 0 Å². The van der Waals surface area contributed by atoms with Crippen molar-refractivity contribution in [3.05, 3.63) is 0 Å². The van der Waals surface area contributed by atoms with Gasteiger partial charge >= 0.3 is 0 Å². The highest BCUT2D eigenvalue weighted by Gasteiger charge is 2.38. The maximum absolute atomic E-state index is 11.4. The second kappa shape index (κ2) is 5.13. The zero-order valence-corrected chi connectivity index (χ0v) is 10.6. The minimum atomic E-state index is -3.54. The van der Waals surface area contributed by atoms with Crippen LogP contribution in [0.25, 0.3) is 0 Å². The van der Waals surface area contributed by atoms with Crippen molar-refractivity contribution in [2.45, 2.75) is 44.6 Å². The molecule has 0 atom stereocenters. The van der Waals surface area contributed by atoms with E-state index in [0.29, 0.717) is 18.8 Å². The first-order valence-electron chi connectivity index (χ1n) is 5.60. The van der Waals surface area contributed by atoms with Gasteiger partial charge in [0.1, 0.15) is 5.54 Å². The van der Waals surface area contributed by atoms with Crippen molar-refractivity contribution >= 4 is 10.2 Å². The molecule has 16 heavy (non-hydrogen) atoms. The largest absolute Gasteiger partial charge is 0.278 e. The van der Waals surface area contributed by atoms with E-state index < -0.39 is 15.7 Å². The lowest BCUT2D eigenvalue weighted by molar-refractivity contribution is 0.258. The Morgan fingerprint density at radius 3 is 2.38 bits per heavy atom. The Balaban J connectivity index is 2.72. The number of nitriles is 1. The van der Waals surface area contributed by atoms with Gasteiger partial charge in [0.05, 0.1) is 6.07 Å². The van der Waals surface area contributed by atoms with Crippen molar-refractivity contribution in [3.63, 3.8) is 0 Å². The van der Waals surface area contributed by atoms with Crippen LogP contribution in [0.1, 0.15) is 39.0 Å². The van der Waals surface area contributed by atoms with Crippen LogP contribution >= 0.6 is 0 Å². The molecular formula is C10H19N3O2S. The predicted octanol–water partition coefficient (Wildman–Crippen LogP) is 0.903. The van der Waals surface area contributed by atoms with Gasteiger partial charge < -0.3 is 0 Å². The monoisotopic (exact) mass is 245 g/mol. The predicted molar refractivity (Wildman–Crippen MR) is 61.7 cm³/mol. The molecule has 5 nitrogen and oxygen atoms in total. The summed E-state index contributed by atoms with van der Waals surface area (Å²) in [7, 11) is -2.20. The number of hydrogen-bond donors (Lipinski definition) is 2. The zero-order valence-electron chi connectivity index (χ0n) is 9.78. The van der Waals surface area contributed by atoms with Crippen molar-refractivity contribution in [1.29, 1.82) is 5.26 Å². The lowest BCUT2D eigenvalue weighted by Gasteiger charge is -2.34. The van der Waals surface area contributed by atoms with E-state index in [0.717, 1.165) is 19.3 Å². The molecule has 0 aromatic heterocycles. The molecule has 1 aliphatic carbocycles. The number of rotatable bonds is 4. The van der Waals surface area contributed by atoms with E-state index in [1.54, 1.807) is 0 Å². The molecule has 0 saturated heterocycles. The molecule has 0 heterocycles. The minimum absolute atomic E-state index is 0.600. The van der Waals surface area contributed by atoms with Crippen LogP contribution in [0.15, 0.2) is 0 Å². The maximum atomic E-state index is 11.4. The summed E-state index contributed by atoms with van der Waals surface area (Å²) in [5, 5.41) is 9.15. The molecule has 0 radical (unpaired) electrons. The first kappa shape index (κ1) is 13.4. The third-order valence-electron chi connectivity index (χ3n) is 3.35. The molecular weight excluding hydrogens is 226 g/mol. The Bertz CT molecular complexity index is 364. The lowest BCUT2D eigenvalue weighted by Crippen LogP contribution is -2.52. The summed E-state index contributed by atoms with van der Waals surface area (Å²) in [6.45, 7) is 2.13. The van der Waals surface area contributed by atoms with Crippen molar-refractivity contribution in [2.24, 2.45) is 5.92 Å². The van der Waals surface area contributed by atoms with E-state index in [1.807, 2.05) is 0 Å². The van der Waals surface area contributed by atoms with Crippen molar-refractivity contribution in [1.82, 2.24) is 9.44 Å². The average molecular weight is 245 g/mol. The van der Waals surface area contributed by atoms with E-state index in [9.17, 15) is 8.42 Å². The minimum Gasteiger partial charge on any atom is -0.205 e.